The molecule has 3 heteroatoms. The Hall–Kier alpha value is -1.38. The Labute approximate surface area is 124 Å². The molecule has 0 spiro atoms. The lowest BCUT2D eigenvalue weighted by Gasteiger charge is -2.15. The largest absolute Gasteiger partial charge is 0.310 e. The van der Waals surface area contributed by atoms with Gasteiger partial charge in [0.2, 0.25) is 0 Å². The van der Waals surface area contributed by atoms with Crippen molar-refractivity contribution >= 4 is 11.6 Å². The van der Waals surface area contributed by atoms with Crippen LogP contribution in [0.1, 0.15) is 29.7 Å². The van der Waals surface area contributed by atoms with Crippen molar-refractivity contribution in [1.82, 2.24) is 5.32 Å². The zero-order valence-corrected chi connectivity index (χ0v) is 12.5. The summed E-state index contributed by atoms with van der Waals surface area (Å²) in [6.07, 6.45) is 0.973. The molecular formula is C17H19ClFN. The van der Waals surface area contributed by atoms with Crippen LogP contribution >= 0.6 is 11.6 Å². The summed E-state index contributed by atoms with van der Waals surface area (Å²) in [5.74, 6) is -0.373. The Bertz CT molecular complexity index is 583. The van der Waals surface area contributed by atoms with Gasteiger partial charge in [0.25, 0.3) is 0 Å². The Kier molecular flexibility index (Phi) is 5.16. The van der Waals surface area contributed by atoms with Crippen molar-refractivity contribution in [3.63, 3.8) is 0 Å². The molecule has 106 valence electrons. The van der Waals surface area contributed by atoms with Gasteiger partial charge >= 0.3 is 0 Å². The highest BCUT2D eigenvalue weighted by Crippen LogP contribution is 2.20. The van der Waals surface area contributed by atoms with Crippen molar-refractivity contribution in [3.8, 4) is 0 Å². The monoisotopic (exact) mass is 291 g/mol. The van der Waals surface area contributed by atoms with Gasteiger partial charge in [0.15, 0.2) is 0 Å². The maximum Gasteiger partial charge on any atom is 0.141 e. The Morgan fingerprint density at radius 3 is 2.70 bits per heavy atom. The zero-order valence-electron chi connectivity index (χ0n) is 11.8. The van der Waals surface area contributed by atoms with Crippen molar-refractivity contribution in [1.29, 1.82) is 0 Å². The van der Waals surface area contributed by atoms with Crippen LogP contribution in [-0.4, -0.2) is 6.54 Å². The summed E-state index contributed by atoms with van der Waals surface area (Å²) < 4.78 is 13.1. The summed E-state index contributed by atoms with van der Waals surface area (Å²) >= 11 is 5.80. The molecule has 0 fully saturated rings. The van der Waals surface area contributed by atoms with Crippen LogP contribution in [0.3, 0.4) is 0 Å². The van der Waals surface area contributed by atoms with E-state index in [-0.39, 0.29) is 16.9 Å². The van der Waals surface area contributed by atoms with Gasteiger partial charge in [-0.05, 0) is 50.1 Å². The predicted molar refractivity (Wildman–Crippen MR) is 82.7 cm³/mol. The molecule has 2 aromatic carbocycles. The maximum atomic E-state index is 13.1. The molecule has 0 aliphatic carbocycles. The van der Waals surface area contributed by atoms with E-state index in [0.29, 0.717) is 0 Å². The summed E-state index contributed by atoms with van der Waals surface area (Å²) in [5, 5.41) is 3.61. The highest BCUT2D eigenvalue weighted by atomic mass is 35.5. The van der Waals surface area contributed by atoms with Gasteiger partial charge in [-0.25, -0.2) is 4.39 Å². The SMILES string of the molecule is Cc1cccc(CCNC(C)c2ccc(F)c(Cl)c2)c1. The predicted octanol–water partition coefficient (Wildman–Crippen LogP) is 4.68. The molecule has 1 N–H and O–H groups in total. The van der Waals surface area contributed by atoms with Crippen molar-refractivity contribution in [2.24, 2.45) is 0 Å². The van der Waals surface area contributed by atoms with E-state index in [2.05, 4.69) is 43.4 Å². The molecule has 2 rings (SSSR count). The van der Waals surface area contributed by atoms with E-state index < -0.39 is 0 Å². The molecule has 1 nitrogen and oxygen atoms in total. The van der Waals surface area contributed by atoms with E-state index in [1.807, 2.05) is 0 Å². The summed E-state index contributed by atoms with van der Waals surface area (Å²) in [6, 6.07) is 13.5. The second kappa shape index (κ2) is 6.87. The summed E-state index contributed by atoms with van der Waals surface area (Å²) in [4.78, 5) is 0. The number of rotatable bonds is 5. The molecule has 0 amide bonds. The summed E-state index contributed by atoms with van der Waals surface area (Å²) in [7, 11) is 0. The average molecular weight is 292 g/mol. The van der Waals surface area contributed by atoms with Gasteiger partial charge < -0.3 is 5.32 Å². The second-order valence-corrected chi connectivity index (χ2v) is 5.50. The number of hydrogen-bond donors (Lipinski definition) is 1. The molecule has 0 saturated heterocycles. The van der Waals surface area contributed by atoms with Gasteiger partial charge in [0.1, 0.15) is 5.82 Å². The summed E-state index contributed by atoms with van der Waals surface area (Å²) in [5.41, 5.74) is 3.60. The van der Waals surface area contributed by atoms with Gasteiger partial charge in [-0.3, -0.25) is 0 Å². The Morgan fingerprint density at radius 2 is 2.00 bits per heavy atom. The van der Waals surface area contributed by atoms with Crippen molar-refractivity contribution in [3.05, 3.63) is 70.0 Å². The summed E-state index contributed by atoms with van der Waals surface area (Å²) in [6.45, 7) is 5.03. The molecule has 1 unspecified atom stereocenters. The van der Waals surface area contributed by atoms with Crippen molar-refractivity contribution < 1.29 is 4.39 Å². The molecule has 20 heavy (non-hydrogen) atoms. The molecule has 0 saturated carbocycles. The minimum absolute atomic E-state index is 0.151. The van der Waals surface area contributed by atoms with Gasteiger partial charge in [-0.1, -0.05) is 47.5 Å². The normalized spacial score (nSPS) is 12.4. The first-order valence-corrected chi connectivity index (χ1v) is 7.18. The first kappa shape index (κ1) is 15.0. The number of hydrogen-bond acceptors (Lipinski definition) is 1. The van der Waals surface area contributed by atoms with Crippen LogP contribution in [0.5, 0.6) is 0 Å². The fourth-order valence-corrected chi connectivity index (χ4v) is 2.39. The third-order valence-corrected chi connectivity index (χ3v) is 3.68. The highest BCUT2D eigenvalue weighted by Gasteiger charge is 2.07. The van der Waals surface area contributed by atoms with E-state index >= 15 is 0 Å². The fraction of sp³-hybridized carbons (Fsp3) is 0.294. The minimum atomic E-state index is -0.373. The van der Waals surface area contributed by atoms with Crippen LogP contribution in [0.15, 0.2) is 42.5 Å². The third-order valence-electron chi connectivity index (χ3n) is 3.39. The average Bonchev–Trinajstić information content (AvgIpc) is 2.42. The molecule has 1 atom stereocenters. The molecule has 0 aliphatic heterocycles. The van der Waals surface area contributed by atoms with E-state index in [9.17, 15) is 4.39 Å². The fourth-order valence-electron chi connectivity index (χ4n) is 2.20. The van der Waals surface area contributed by atoms with Gasteiger partial charge in [-0.15, -0.1) is 0 Å². The van der Waals surface area contributed by atoms with E-state index in [4.69, 9.17) is 11.6 Å². The van der Waals surface area contributed by atoms with Gasteiger partial charge in [-0.2, -0.15) is 0 Å². The number of nitrogens with one attached hydrogen (secondary N) is 1. The Morgan fingerprint density at radius 1 is 1.20 bits per heavy atom. The van der Waals surface area contributed by atoms with Crippen LogP contribution in [0.25, 0.3) is 0 Å². The number of halogens is 2. The van der Waals surface area contributed by atoms with E-state index in [1.54, 1.807) is 12.1 Å². The van der Waals surface area contributed by atoms with E-state index in [1.165, 1.54) is 17.2 Å². The second-order valence-electron chi connectivity index (χ2n) is 5.09. The first-order chi connectivity index (χ1) is 9.56. The lowest BCUT2D eigenvalue weighted by Crippen LogP contribution is -2.21. The lowest BCUT2D eigenvalue weighted by atomic mass is 10.1. The molecule has 0 aliphatic rings. The molecule has 0 bridgehead atoms. The Balaban J connectivity index is 1.88. The van der Waals surface area contributed by atoms with Crippen LogP contribution in [0.4, 0.5) is 4.39 Å². The van der Waals surface area contributed by atoms with Crippen molar-refractivity contribution in [2.75, 3.05) is 6.54 Å². The topological polar surface area (TPSA) is 12.0 Å². The number of aryl methyl sites for hydroxylation is 1. The smallest absolute Gasteiger partial charge is 0.141 e. The molecule has 0 heterocycles. The lowest BCUT2D eigenvalue weighted by molar-refractivity contribution is 0.573. The standard InChI is InChI=1S/C17H19ClFN/c1-12-4-3-5-14(10-12)8-9-20-13(2)15-6-7-17(19)16(18)11-15/h3-7,10-11,13,20H,8-9H2,1-2H3. The zero-order chi connectivity index (χ0) is 14.5. The van der Waals surface area contributed by atoms with E-state index in [0.717, 1.165) is 18.5 Å². The quantitative estimate of drug-likeness (QED) is 0.843. The maximum absolute atomic E-state index is 13.1. The van der Waals surface area contributed by atoms with Crippen LogP contribution in [-0.2, 0) is 6.42 Å². The molecule has 0 aromatic heterocycles. The number of benzene rings is 2. The first-order valence-electron chi connectivity index (χ1n) is 6.80. The van der Waals surface area contributed by atoms with Crippen LogP contribution in [0, 0.1) is 12.7 Å². The highest BCUT2D eigenvalue weighted by molar-refractivity contribution is 6.30. The van der Waals surface area contributed by atoms with Crippen LogP contribution in [0.2, 0.25) is 5.02 Å². The van der Waals surface area contributed by atoms with Crippen molar-refractivity contribution in [2.45, 2.75) is 26.3 Å². The third kappa shape index (κ3) is 4.06. The molecular weight excluding hydrogens is 273 g/mol. The minimum Gasteiger partial charge on any atom is -0.310 e. The molecule has 0 radical (unpaired) electrons. The molecule has 2 aromatic rings. The van der Waals surface area contributed by atoms with Gasteiger partial charge in [0.05, 0.1) is 5.02 Å². The van der Waals surface area contributed by atoms with Gasteiger partial charge in [0, 0.05) is 6.04 Å². The van der Waals surface area contributed by atoms with Crippen LogP contribution < -0.4 is 5.32 Å².